The molecule has 108 valence electrons. The van der Waals surface area contributed by atoms with E-state index in [1.807, 2.05) is 5.43 Å². The Balaban J connectivity index is 2.59. The highest BCUT2D eigenvalue weighted by Gasteiger charge is 2.16. The third-order valence-electron chi connectivity index (χ3n) is 2.09. The lowest BCUT2D eigenvalue weighted by Crippen LogP contribution is -2.49. The second-order valence-corrected chi connectivity index (χ2v) is 5.01. The average molecular weight is 346 g/mol. The summed E-state index contributed by atoms with van der Waals surface area (Å²) in [6.07, 6.45) is 0. The van der Waals surface area contributed by atoms with Crippen molar-refractivity contribution < 1.29 is 18.8 Å². The van der Waals surface area contributed by atoms with Crippen molar-refractivity contribution in [2.75, 3.05) is 0 Å². The smallest absolute Gasteiger partial charge is 0.327 e. The van der Waals surface area contributed by atoms with Gasteiger partial charge in [0.1, 0.15) is 5.82 Å². The van der Waals surface area contributed by atoms with Crippen LogP contribution in [0, 0.1) is 5.82 Å². The number of hydrazine groups is 1. The SMILES string of the molecule is CC(C)NC(=O)C(=O)NNC(=O)c1ccc(F)cc1Br. The summed E-state index contributed by atoms with van der Waals surface area (Å²) in [5.74, 6) is -3.04. The molecule has 3 N–H and O–H groups in total. The van der Waals surface area contributed by atoms with Crippen molar-refractivity contribution in [2.45, 2.75) is 19.9 Å². The van der Waals surface area contributed by atoms with Crippen molar-refractivity contribution in [1.29, 1.82) is 0 Å². The molecule has 0 unspecified atom stereocenters. The van der Waals surface area contributed by atoms with Crippen LogP contribution in [-0.4, -0.2) is 23.8 Å². The summed E-state index contributed by atoms with van der Waals surface area (Å²) >= 11 is 3.02. The van der Waals surface area contributed by atoms with Crippen LogP contribution in [0.4, 0.5) is 4.39 Å². The quantitative estimate of drug-likeness (QED) is 0.549. The summed E-state index contributed by atoms with van der Waals surface area (Å²) in [5, 5.41) is 2.36. The van der Waals surface area contributed by atoms with Crippen LogP contribution in [0.1, 0.15) is 24.2 Å². The van der Waals surface area contributed by atoms with Gasteiger partial charge in [0.2, 0.25) is 0 Å². The molecule has 0 aromatic heterocycles. The molecule has 1 rings (SSSR count). The first-order valence-electron chi connectivity index (χ1n) is 5.67. The van der Waals surface area contributed by atoms with Gasteiger partial charge in [0, 0.05) is 10.5 Å². The first-order chi connectivity index (χ1) is 9.31. The molecule has 0 atom stereocenters. The molecule has 0 spiro atoms. The van der Waals surface area contributed by atoms with Crippen molar-refractivity contribution in [2.24, 2.45) is 0 Å². The van der Waals surface area contributed by atoms with Gasteiger partial charge in [-0.2, -0.15) is 0 Å². The van der Waals surface area contributed by atoms with Gasteiger partial charge < -0.3 is 5.32 Å². The molecule has 0 saturated carbocycles. The highest BCUT2D eigenvalue weighted by atomic mass is 79.9. The van der Waals surface area contributed by atoms with E-state index in [9.17, 15) is 18.8 Å². The van der Waals surface area contributed by atoms with Gasteiger partial charge in [-0.1, -0.05) is 0 Å². The molecule has 0 saturated heterocycles. The number of amides is 3. The summed E-state index contributed by atoms with van der Waals surface area (Å²) in [4.78, 5) is 34.3. The Morgan fingerprint density at radius 3 is 2.35 bits per heavy atom. The normalized spacial score (nSPS) is 10.1. The van der Waals surface area contributed by atoms with E-state index >= 15 is 0 Å². The summed E-state index contributed by atoms with van der Waals surface area (Å²) < 4.78 is 13.1. The van der Waals surface area contributed by atoms with Gasteiger partial charge in [0.15, 0.2) is 0 Å². The van der Waals surface area contributed by atoms with Crippen LogP contribution in [-0.2, 0) is 9.59 Å². The highest BCUT2D eigenvalue weighted by molar-refractivity contribution is 9.10. The largest absolute Gasteiger partial charge is 0.346 e. The fraction of sp³-hybridized carbons (Fsp3) is 0.250. The molecule has 0 aliphatic rings. The van der Waals surface area contributed by atoms with E-state index in [4.69, 9.17) is 0 Å². The predicted octanol–water partition coefficient (Wildman–Crippen LogP) is 0.874. The van der Waals surface area contributed by atoms with Crippen LogP contribution in [0.3, 0.4) is 0 Å². The maximum absolute atomic E-state index is 12.9. The molecule has 1 aromatic rings. The Hall–Kier alpha value is -1.96. The Kier molecular flexibility index (Phi) is 5.63. The van der Waals surface area contributed by atoms with E-state index in [1.54, 1.807) is 13.8 Å². The number of hydrogen-bond acceptors (Lipinski definition) is 3. The number of hydrogen-bond donors (Lipinski definition) is 3. The maximum Gasteiger partial charge on any atom is 0.327 e. The van der Waals surface area contributed by atoms with Crippen molar-refractivity contribution in [1.82, 2.24) is 16.2 Å². The molecule has 1 aromatic carbocycles. The second-order valence-electron chi connectivity index (χ2n) is 4.16. The number of nitrogens with one attached hydrogen (secondary N) is 3. The lowest BCUT2D eigenvalue weighted by atomic mass is 10.2. The van der Waals surface area contributed by atoms with Crippen molar-refractivity contribution in [3.63, 3.8) is 0 Å². The van der Waals surface area contributed by atoms with Crippen LogP contribution >= 0.6 is 15.9 Å². The number of carbonyl (C=O) groups excluding carboxylic acids is 3. The van der Waals surface area contributed by atoms with E-state index < -0.39 is 23.5 Å². The molecule has 0 heterocycles. The van der Waals surface area contributed by atoms with Gasteiger partial charge in [0.25, 0.3) is 5.91 Å². The zero-order chi connectivity index (χ0) is 15.3. The summed E-state index contributed by atoms with van der Waals surface area (Å²) in [6, 6.07) is 3.26. The topological polar surface area (TPSA) is 87.3 Å². The monoisotopic (exact) mass is 345 g/mol. The van der Waals surface area contributed by atoms with Gasteiger partial charge in [-0.3, -0.25) is 25.2 Å². The van der Waals surface area contributed by atoms with Crippen LogP contribution in [0.5, 0.6) is 0 Å². The van der Waals surface area contributed by atoms with Crippen LogP contribution in [0.15, 0.2) is 22.7 Å². The van der Waals surface area contributed by atoms with Crippen molar-refractivity contribution in [3.05, 3.63) is 34.1 Å². The first kappa shape index (κ1) is 16.1. The number of carbonyl (C=O) groups is 3. The summed E-state index contributed by atoms with van der Waals surface area (Å²) in [7, 11) is 0. The van der Waals surface area contributed by atoms with E-state index in [2.05, 4.69) is 26.7 Å². The molecular formula is C12H13BrFN3O3. The van der Waals surface area contributed by atoms with Gasteiger partial charge >= 0.3 is 11.8 Å². The maximum atomic E-state index is 12.9. The average Bonchev–Trinajstić information content (AvgIpc) is 2.34. The minimum Gasteiger partial charge on any atom is -0.346 e. The second kappa shape index (κ2) is 6.99. The molecule has 0 radical (unpaired) electrons. The van der Waals surface area contributed by atoms with Crippen LogP contribution in [0.25, 0.3) is 0 Å². The van der Waals surface area contributed by atoms with Crippen molar-refractivity contribution in [3.8, 4) is 0 Å². The Bertz CT molecular complexity index is 549. The lowest BCUT2D eigenvalue weighted by molar-refractivity contribution is -0.139. The third-order valence-corrected chi connectivity index (χ3v) is 2.75. The first-order valence-corrected chi connectivity index (χ1v) is 6.46. The van der Waals surface area contributed by atoms with Gasteiger partial charge in [0.05, 0.1) is 5.56 Å². The van der Waals surface area contributed by atoms with E-state index in [1.165, 1.54) is 6.07 Å². The van der Waals surface area contributed by atoms with Crippen molar-refractivity contribution >= 4 is 33.7 Å². The number of benzene rings is 1. The molecular weight excluding hydrogens is 333 g/mol. The standard InChI is InChI=1S/C12H13BrFN3O3/c1-6(2)15-11(19)12(20)17-16-10(18)8-4-3-7(14)5-9(8)13/h3-6H,1-2H3,(H,15,19)(H,16,18)(H,17,20). The predicted molar refractivity (Wildman–Crippen MR) is 73.0 cm³/mol. The Morgan fingerprint density at radius 1 is 1.15 bits per heavy atom. The molecule has 0 aliphatic carbocycles. The minimum absolute atomic E-state index is 0.121. The number of halogens is 2. The number of rotatable bonds is 2. The minimum atomic E-state index is -0.995. The Labute approximate surface area is 123 Å². The molecule has 8 heteroatoms. The fourth-order valence-corrected chi connectivity index (χ4v) is 1.77. The third kappa shape index (κ3) is 4.61. The molecule has 6 nitrogen and oxygen atoms in total. The van der Waals surface area contributed by atoms with Gasteiger partial charge in [-0.15, -0.1) is 0 Å². The highest BCUT2D eigenvalue weighted by Crippen LogP contribution is 2.17. The fourth-order valence-electron chi connectivity index (χ4n) is 1.24. The van der Waals surface area contributed by atoms with E-state index in [0.717, 1.165) is 12.1 Å². The zero-order valence-corrected chi connectivity index (χ0v) is 12.4. The molecule has 0 aliphatic heterocycles. The van der Waals surface area contributed by atoms with Crippen LogP contribution in [0.2, 0.25) is 0 Å². The van der Waals surface area contributed by atoms with Crippen LogP contribution < -0.4 is 16.2 Å². The van der Waals surface area contributed by atoms with E-state index in [-0.39, 0.29) is 16.1 Å². The summed E-state index contributed by atoms with van der Waals surface area (Å²) in [5.41, 5.74) is 4.15. The Morgan fingerprint density at radius 2 is 1.80 bits per heavy atom. The molecule has 20 heavy (non-hydrogen) atoms. The van der Waals surface area contributed by atoms with Gasteiger partial charge in [-0.25, -0.2) is 4.39 Å². The lowest BCUT2D eigenvalue weighted by Gasteiger charge is -2.10. The van der Waals surface area contributed by atoms with Gasteiger partial charge in [-0.05, 0) is 48.0 Å². The summed E-state index contributed by atoms with van der Waals surface area (Å²) in [6.45, 7) is 3.39. The molecule has 3 amide bonds. The van der Waals surface area contributed by atoms with E-state index in [0.29, 0.717) is 0 Å². The molecule has 0 fully saturated rings. The zero-order valence-electron chi connectivity index (χ0n) is 10.8. The molecule has 0 bridgehead atoms.